The summed E-state index contributed by atoms with van der Waals surface area (Å²) in [6.45, 7) is 0.0267. The second-order valence-corrected chi connectivity index (χ2v) is 5.60. The SMILES string of the molecule is OCC(Cc1ccccc1Cl)Cc1ccc(F)cc1Cl. The minimum absolute atomic E-state index is 0.00198. The number of halogens is 3. The molecule has 1 atom stereocenters. The average Bonchev–Trinajstić information content (AvgIpc) is 2.43. The van der Waals surface area contributed by atoms with Gasteiger partial charge in [0.05, 0.1) is 0 Å². The first kappa shape index (κ1) is 15.3. The second kappa shape index (κ2) is 7.07. The lowest BCUT2D eigenvalue weighted by Gasteiger charge is -2.16. The normalized spacial score (nSPS) is 12.4. The minimum atomic E-state index is -0.356. The van der Waals surface area contributed by atoms with E-state index in [1.54, 1.807) is 6.07 Å². The fraction of sp³-hybridized carbons (Fsp3) is 0.250. The zero-order chi connectivity index (χ0) is 14.5. The third-order valence-corrected chi connectivity index (χ3v) is 3.97. The van der Waals surface area contributed by atoms with Crippen LogP contribution in [0.4, 0.5) is 4.39 Å². The summed E-state index contributed by atoms with van der Waals surface area (Å²) in [6.07, 6.45) is 1.24. The molecular weight excluding hydrogens is 298 g/mol. The first-order valence-electron chi connectivity index (χ1n) is 6.38. The number of hydrogen-bond acceptors (Lipinski definition) is 1. The Morgan fingerprint density at radius 1 is 0.950 bits per heavy atom. The largest absolute Gasteiger partial charge is 0.396 e. The van der Waals surface area contributed by atoms with Crippen LogP contribution < -0.4 is 0 Å². The molecule has 2 rings (SSSR count). The molecule has 1 unspecified atom stereocenters. The summed E-state index contributed by atoms with van der Waals surface area (Å²) in [6, 6.07) is 11.9. The molecule has 0 aromatic heterocycles. The molecule has 1 N–H and O–H groups in total. The zero-order valence-electron chi connectivity index (χ0n) is 10.8. The lowest BCUT2D eigenvalue weighted by atomic mass is 9.93. The van der Waals surface area contributed by atoms with Gasteiger partial charge in [-0.05, 0) is 48.1 Å². The number of hydrogen-bond donors (Lipinski definition) is 1. The zero-order valence-corrected chi connectivity index (χ0v) is 12.3. The molecule has 0 amide bonds. The Hall–Kier alpha value is -1.09. The molecule has 0 aliphatic rings. The third-order valence-electron chi connectivity index (χ3n) is 3.25. The van der Waals surface area contributed by atoms with Gasteiger partial charge in [0.25, 0.3) is 0 Å². The predicted octanol–water partition coefficient (Wildman–Crippen LogP) is 4.53. The molecule has 20 heavy (non-hydrogen) atoms. The van der Waals surface area contributed by atoms with Crippen LogP contribution in [0, 0.1) is 11.7 Å². The van der Waals surface area contributed by atoms with E-state index < -0.39 is 0 Å². The van der Waals surface area contributed by atoms with Gasteiger partial charge in [-0.3, -0.25) is 0 Å². The molecule has 0 spiro atoms. The predicted molar refractivity (Wildman–Crippen MR) is 80.8 cm³/mol. The molecule has 0 saturated carbocycles. The molecule has 0 bridgehead atoms. The number of benzene rings is 2. The van der Waals surface area contributed by atoms with E-state index >= 15 is 0 Å². The van der Waals surface area contributed by atoms with Crippen LogP contribution in [0.5, 0.6) is 0 Å². The van der Waals surface area contributed by atoms with E-state index in [0.717, 1.165) is 11.1 Å². The summed E-state index contributed by atoms with van der Waals surface area (Å²) in [5.74, 6) is -0.358. The van der Waals surface area contributed by atoms with Gasteiger partial charge < -0.3 is 5.11 Å². The van der Waals surface area contributed by atoms with Crippen molar-refractivity contribution in [2.24, 2.45) is 5.92 Å². The maximum Gasteiger partial charge on any atom is 0.124 e. The first-order valence-corrected chi connectivity index (χ1v) is 7.14. The van der Waals surface area contributed by atoms with Crippen LogP contribution in [-0.4, -0.2) is 11.7 Å². The Morgan fingerprint density at radius 2 is 1.60 bits per heavy atom. The summed E-state index contributed by atoms with van der Waals surface area (Å²) in [7, 11) is 0. The van der Waals surface area contributed by atoms with Gasteiger partial charge in [-0.2, -0.15) is 0 Å². The molecule has 106 valence electrons. The highest BCUT2D eigenvalue weighted by Crippen LogP contribution is 2.24. The standard InChI is InChI=1S/C16H15Cl2FO/c17-15-4-2-1-3-12(15)7-11(10-20)8-13-5-6-14(19)9-16(13)18/h1-6,9,11,20H,7-8,10H2. The quantitative estimate of drug-likeness (QED) is 0.860. The van der Waals surface area contributed by atoms with E-state index in [1.165, 1.54) is 12.1 Å². The number of rotatable bonds is 5. The highest BCUT2D eigenvalue weighted by atomic mass is 35.5. The maximum atomic E-state index is 13.0. The van der Waals surface area contributed by atoms with Crippen LogP contribution in [0.1, 0.15) is 11.1 Å². The van der Waals surface area contributed by atoms with Gasteiger partial charge >= 0.3 is 0 Å². The monoisotopic (exact) mass is 312 g/mol. The Labute approximate surface area is 128 Å². The van der Waals surface area contributed by atoms with E-state index in [-0.39, 0.29) is 18.3 Å². The van der Waals surface area contributed by atoms with E-state index in [4.69, 9.17) is 23.2 Å². The van der Waals surface area contributed by atoms with Gasteiger partial charge in [0, 0.05) is 16.7 Å². The van der Waals surface area contributed by atoms with E-state index in [1.807, 2.05) is 24.3 Å². The molecule has 0 aliphatic heterocycles. The van der Waals surface area contributed by atoms with Crippen molar-refractivity contribution in [3.63, 3.8) is 0 Å². The summed E-state index contributed by atoms with van der Waals surface area (Å²) in [5.41, 5.74) is 1.82. The van der Waals surface area contributed by atoms with Crippen LogP contribution >= 0.6 is 23.2 Å². The third kappa shape index (κ3) is 3.95. The Kier molecular flexibility index (Phi) is 5.41. The molecule has 0 saturated heterocycles. The summed E-state index contributed by atoms with van der Waals surface area (Å²) >= 11 is 12.1. The van der Waals surface area contributed by atoms with E-state index in [2.05, 4.69) is 0 Å². The maximum absolute atomic E-state index is 13.0. The summed E-state index contributed by atoms with van der Waals surface area (Å²) in [4.78, 5) is 0. The molecular formula is C16H15Cl2FO. The van der Waals surface area contributed by atoms with Crippen LogP contribution in [0.15, 0.2) is 42.5 Å². The van der Waals surface area contributed by atoms with Gasteiger partial charge in [-0.15, -0.1) is 0 Å². The minimum Gasteiger partial charge on any atom is -0.396 e. The Bertz CT molecular complexity index is 586. The van der Waals surface area contributed by atoms with Crippen LogP contribution in [0.2, 0.25) is 10.0 Å². The first-order chi connectivity index (χ1) is 9.60. The van der Waals surface area contributed by atoms with Crippen molar-refractivity contribution < 1.29 is 9.50 Å². The molecule has 4 heteroatoms. The fourth-order valence-corrected chi connectivity index (χ4v) is 2.63. The fourth-order valence-electron chi connectivity index (χ4n) is 2.17. The molecule has 0 aliphatic carbocycles. The van der Waals surface area contributed by atoms with Crippen LogP contribution in [0.25, 0.3) is 0 Å². The summed E-state index contributed by atoms with van der Waals surface area (Å²) in [5, 5.41) is 10.6. The molecule has 1 nitrogen and oxygen atoms in total. The van der Waals surface area contributed by atoms with Crippen molar-refractivity contribution in [1.82, 2.24) is 0 Å². The van der Waals surface area contributed by atoms with Gasteiger partial charge in [0.2, 0.25) is 0 Å². The highest BCUT2D eigenvalue weighted by molar-refractivity contribution is 6.31. The van der Waals surface area contributed by atoms with Gasteiger partial charge in [-0.25, -0.2) is 4.39 Å². The lowest BCUT2D eigenvalue weighted by molar-refractivity contribution is 0.225. The van der Waals surface area contributed by atoms with Crippen LogP contribution in [0.3, 0.4) is 0 Å². The van der Waals surface area contributed by atoms with Gasteiger partial charge in [-0.1, -0.05) is 47.5 Å². The van der Waals surface area contributed by atoms with Crippen LogP contribution in [-0.2, 0) is 12.8 Å². The topological polar surface area (TPSA) is 20.2 Å². The van der Waals surface area contributed by atoms with Crippen molar-refractivity contribution >= 4 is 23.2 Å². The molecule has 0 fully saturated rings. The Balaban J connectivity index is 2.11. The molecule has 2 aromatic carbocycles. The smallest absolute Gasteiger partial charge is 0.124 e. The van der Waals surface area contributed by atoms with Crippen molar-refractivity contribution in [2.75, 3.05) is 6.61 Å². The number of aliphatic hydroxyl groups is 1. The van der Waals surface area contributed by atoms with Crippen molar-refractivity contribution in [3.05, 3.63) is 69.5 Å². The van der Waals surface area contributed by atoms with Gasteiger partial charge in [0.15, 0.2) is 0 Å². The molecule has 2 aromatic rings. The molecule has 0 heterocycles. The second-order valence-electron chi connectivity index (χ2n) is 4.78. The van der Waals surface area contributed by atoms with E-state index in [9.17, 15) is 9.50 Å². The Morgan fingerprint density at radius 3 is 2.20 bits per heavy atom. The highest BCUT2D eigenvalue weighted by Gasteiger charge is 2.13. The summed E-state index contributed by atoms with van der Waals surface area (Å²) < 4.78 is 13.0. The lowest BCUT2D eigenvalue weighted by Crippen LogP contribution is -2.13. The van der Waals surface area contributed by atoms with E-state index in [0.29, 0.717) is 22.9 Å². The van der Waals surface area contributed by atoms with Crippen molar-refractivity contribution in [2.45, 2.75) is 12.8 Å². The number of aliphatic hydroxyl groups excluding tert-OH is 1. The average molecular weight is 313 g/mol. The van der Waals surface area contributed by atoms with Gasteiger partial charge in [0.1, 0.15) is 5.82 Å². The van der Waals surface area contributed by atoms with Crippen molar-refractivity contribution in [3.8, 4) is 0 Å². The van der Waals surface area contributed by atoms with Crippen molar-refractivity contribution in [1.29, 1.82) is 0 Å². The molecule has 0 radical (unpaired) electrons.